The van der Waals surface area contributed by atoms with Crippen molar-refractivity contribution in [2.75, 3.05) is 13.1 Å². The largest absolute Gasteiger partial charge is 1.00 e. The van der Waals surface area contributed by atoms with E-state index in [2.05, 4.69) is 32.1 Å². The first-order valence-corrected chi connectivity index (χ1v) is 11.5. The van der Waals surface area contributed by atoms with Crippen LogP contribution in [0.4, 0.5) is 0 Å². The Kier molecular flexibility index (Phi) is 16.3. The molecule has 0 radical (unpaired) electrons. The minimum Gasteiger partial charge on any atom is -0.548 e. The smallest absolute Gasteiger partial charge is 0.548 e. The molecule has 0 saturated heterocycles. The Morgan fingerprint density at radius 1 is 1.21 bits per heavy atom. The molecular formula is C26H38NNaO6. The minimum atomic E-state index is -1.33. The van der Waals surface area contributed by atoms with E-state index in [-0.39, 0.29) is 48.4 Å². The normalized spacial score (nSPS) is 17.4. The summed E-state index contributed by atoms with van der Waals surface area (Å²) in [6, 6.07) is 0. The number of carbonyl (C=O) groups is 3. The Labute approximate surface area is 225 Å². The number of allylic oxidation sites excluding steroid dienone is 5. The van der Waals surface area contributed by atoms with Crippen LogP contribution in [-0.4, -0.2) is 58.1 Å². The van der Waals surface area contributed by atoms with Gasteiger partial charge in [-0.2, -0.15) is 0 Å². The Hall–Kier alpha value is -1.51. The van der Waals surface area contributed by atoms with Gasteiger partial charge in [-0.1, -0.05) is 42.4 Å². The van der Waals surface area contributed by atoms with E-state index in [0.717, 1.165) is 43.3 Å². The van der Waals surface area contributed by atoms with E-state index >= 15 is 0 Å². The molecule has 184 valence electrons. The molecule has 0 aliphatic carbocycles. The Bertz CT molecular complexity index is 814. The predicted octanol–water partition coefficient (Wildman–Crippen LogP) is -0.755. The van der Waals surface area contributed by atoms with Crippen molar-refractivity contribution >= 4 is 17.7 Å². The van der Waals surface area contributed by atoms with Gasteiger partial charge in [0, 0.05) is 12.6 Å². The summed E-state index contributed by atoms with van der Waals surface area (Å²) in [6.07, 6.45) is 12.2. The summed E-state index contributed by atoms with van der Waals surface area (Å²) in [7, 11) is 0. The van der Waals surface area contributed by atoms with Crippen LogP contribution in [0.2, 0.25) is 0 Å². The number of hydrogen-bond acceptors (Lipinski definition) is 6. The van der Waals surface area contributed by atoms with Crippen LogP contribution in [0.5, 0.6) is 0 Å². The number of carboxylic acids is 1. The zero-order valence-electron chi connectivity index (χ0n) is 21.3. The molecule has 2 N–H and O–H groups in total. The third-order valence-electron chi connectivity index (χ3n) is 5.67. The van der Waals surface area contributed by atoms with Crippen LogP contribution in [0.25, 0.3) is 0 Å². The Morgan fingerprint density at radius 2 is 1.88 bits per heavy atom. The molecular weight excluding hydrogens is 445 g/mol. The van der Waals surface area contributed by atoms with Gasteiger partial charge in [-0.3, -0.25) is 9.59 Å². The second kappa shape index (κ2) is 17.0. The molecule has 1 aliphatic rings. The summed E-state index contributed by atoms with van der Waals surface area (Å²) >= 11 is 0. The molecule has 1 rings (SSSR count). The number of carboxylic acid groups (broad SMARTS) is 1. The molecule has 1 amide bonds. The molecule has 2 unspecified atom stereocenters. The van der Waals surface area contributed by atoms with Crippen molar-refractivity contribution in [3.05, 3.63) is 47.1 Å². The third-order valence-corrected chi connectivity index (χ3v) is 5.67. The number of Topliss-reactive ketones (excluding diaryl/α,β-unsaturated/α-hetero) is 1. The molecule has 0 saturated carbocycles. The monoisotopic (exact) mass is 483 g/mol. The molecule has 0 fully saturated rings. The van der Waals surface area contributed by atoms with Crippen molar-refractivity contribution in [3.8, 4) is 0 Å². The summed E-state index contributed by atoms with van der Waals surface area (Å²) < 4.78 is 0. The molecule has 0 aromatic heterocycles. The van der Waals surface area contributed by atoms with Gasteiger partial charge in [0.2, 0.25) is 5.91 Å². The fourth-order valence-electron chi connectivity index (χ4n) is 3.65. The molecule has 3 atom stereocenters. The maximum atomic E-state index is 11.7. The van der Waals surface area contributed by atoms with E-state index in [1.807, 2.05) is 13.0 Å². The number of carbonyl (C=O) groups excluding carboxylic acids is 3. The Balaban J connectivity index is 0.0000109. The van der Waals surface area contributed by atoms with Crippen molar-refractivity contribution < 1.29 is 59.3 Å². The molecule has 0 aromatic rings. The molecule has 0 aromatic carbocycles. The van der Waals surface area contributed by atoms with Gasteiger partial charge in [0.25, 0.3) is 0 Å². The van der Waals surface area contributed by atoms with Crippen LogP contribution < -0.4 is 34.7 Å². The summed E-state index contributed by atoms with van der Waals surface area (Å²) in [6.45, 7) is 7.37. The van der Waals surface area contributed by atoms with Gasteiger partial charge in [-0.25, -0.2) is 0 Å². The minimum absolute atomic E-state index is 0. The first kappa shape index (κ1) is 32.5. The van der Waals surface area contributed by atoms with E-state index in [4.69, 9.17) is 0 Å². The van der Waals surface area contributed by atoms with Gasteiger partial charge < -0.3 is 25.0 Å². The number of aliphatic hydroxyl groups is 2. The quantitative estimate of drug-likeness (QED) is 0.180. The number of rotatable bonds is 15. The second-order valence-corrected chi connectivity index (χ2v) is 9.05. The third kappa shape index (κ3) is 13.4. The topological polar surface area (TPSA) is 118 Å². The van der Waals surface area contributed by atoms with Crippen LogP contribution in [0.3, 0.4) is 0 Å². The van der Waals surface area contributed by atoms with Gasteiger partial charge in [0.15, 0.2) is 5.78 Å². The zero-order valence-corrected chi connectivity index (χ0v) is 23.3. The van der Waals surface area contributed by atoms with Crippen molar-refractivity contribution in [2.24, 2.45) is 5.92 Å². The van der Waals surface area contributed by atoms with Crippen molar-refractivity contribution in [2.45, 2.75) is 78.4 Å². The fourth-order valence-corrected chi connectivity index (χ4v) is 3.65. The zero-order chi connectivity index (χ0) is 25.0. The van der Waals surface area contributed by atoms with E-state index < -0.39 is 24.0 Å². The maximum Gasteiger partial charge on any atom is 1.00 e. The van der Waals surface area contributed by atoms with Gasteiger partial charge in [0.05, 0.1) is 18.6 Å². The van der Waals surface area contributed by atoms with Crippen molar-refractivity contribution in [3.63, 3.8) is 0 Å². The SMILES string of the molecule is CC(=O)C(O)C(O)C/C(C)=C\CC[C@H](C)/C=C/C=C(\C)CCCC1=CC(=O)N(CC(=O)[O-])C1.[Na+]. The summed E-state index contributed by atoms with van der Waals surface area (Å²) in [5.41, 5.74) is 3.16. The predicted molar refractivity (Wildman–Crippen MR) is 126 cm³/mol. The van der Waals surface area contributed by atoms with E-state index in [9.17, 15) is 29.7 Å². The number of aliphatic hydroxyl groups excluding tert-OH is 2. The van der Waals surface area contributed by atoms with Crippen LogP contribution in [-0.2, 0) is 14.4 Å². The summed E-state index contributed by atoms with van der Waals surface area (Å²) in [5, 5.41) is 30.1. The van der Waals surface area contributed by atoms with E-state index in [0.29, 0.717) is 12.5 Å². The number of nitrogens with zero attached hydrogens (tertiary/aromatic N) is 1. The number of ketones is 1. The molecule has 7 nitrogen and oxygen atoms in total. The van der Waals surface area contributed by atoms with E-state index in [1.54, 1.807) is 0 Å². The van der Waals surface area contributed by atoms with Gasteiger partial charge in [-0.05, 0) is 70.8 Å². The van der Waals surface area contributed by atoms with Crippen LogP contribution in [0, 0.1) is 5.92 Å². The average Bonchev–Trinajstić information content (AvgIpc) is 3.05. The number of aliphatic carboxylic acids is 1. The van der Waals surface area contributed by atoms with Gasteiger partial charge in [-0.15, -0.1) is 0 Å². The molecule has 1 aliphatic heterocycles. The standard InChI is InChI=1S/C26H39NO6.Na/c1-18(10-6-12-20(3)14-23(29)26(33)21(4)28)8-5-9-19(2)11-7-13-22-15-24(30)27(16-22)17-25(31)32;/h5,8-9,12,15,18,23,26,29,33H,6-7,10-11,13-14,16-17H2,1-4H3,(H,31,32);/q;+1/p-1/b8-5+,19-9+,20-12-;/t18-,23?,26?;/m1./s1. The average molecular weight is 484 g/mol. The maximum absolute atomic E-state index is 11.7. The molecule has 1 heterocycles. The first-order chi connectivity index (χ1) is 15.5. The molecule has 0 bridgehead atoms. The molecule has 8 heteroatoms. The van der Waals surface area contributed by atoms with Crippen molar-refractivity contribution in [1.29, 1.82) is 0 Å². The van der Waals surface area contributed by atoms with Crippen LogP contribution in [0.15, 0.2) is 47.1 Å². The van der Waals surface area contributed by atoms with Crippen LogP contribution >= 0.6 is 0 Å². The second-order valence-electron chi connectivity index (χ2n) is 9.05. The first-order valence-electron chi connectivity index (χ1n) is 11.5. The Morgan fingerprint density at radius 3 is 2.50 bits per heavy atom. The van der Waals surface area contributed by atoms with Gasteiger partial charge >= 0.3 is 29.6 Å². The van der Waals surface area contributed by atoms with Crippen LogP contribution in [0.1, 0.15) is 66.2 Å². The fraction of sp³-hybridized carbons (Fsp3) is 0.577. The summed E-state index contributed by atoms with van der Waals surface area (Å²) in [4.78, 5) is 34.8. The van der Waals surface area contributed by atoms with Crippen molar-refractivity contribution in [1.82, 2.24) is 4.90 Å². The molecule has 34 heavy (non-hydrogen) atoms. The van der Waals surface area contributed by atoms with E-state index in [1.165, 1.54) is 23.5 Å². The van der Waals surface area contributed by atoms with Gasteiger partial charge in [0.1, 0.15) is 6.10 Å². The number of hydrogen-bond donors (Lipinski definition) is 2. The summed E-state index contributed by atoms with van der Waals surface area (Å²) in [5.74, 6) is -1.54. The number of amides is 1. The molecule has 0 spiro atoms.